The molecule has 1 aliphatic carbocycles. The summed E-state index contributed by atoms with van der Waals surface area (Å²) in [5.74, 6) is 1.57. The molecule has 1 aromatic rings. The SMILES string of the molecule is CCc1nn(CC)c(CC(N)C2CCC(CC)CC2)c1Cl. The number of aryl methyl sites for hydroxylation is 2. The lowest BCUT2D eigenvalue weighted by molar-refractivity contribution is 0.236. The first-order valence-corrected chi connectivity index (χ1v) is 8.97. The molecule has 0 amide bonds. The quantitative estimate of drug-likeness (QED) is 0.855. The van der Waals surface area contributed by atoms with Crippen molar-refractivity contribution >= 4 is 11.6 Å². The largest absolute Gasteiger partial charge is 0.327 e. The third kappa shape index (κ3) is 3.81. The summed E-state index contributed by atoms with van der Waals surface area (Å²) >= 11 is 6.50. The molecule has 0 spiro atoms. The molecule has 1 aromatic heterocycles. The van der Waals surface area contributed by atoms with Gasteiger partial charge in [0.2, 0.25) is 0 Å². The van der Waals surface area contributed by atoms with Crippen molar-refractivity contribution in [2.24, 2.45) is 17.6 Å². The molecule has 1 aliphatic rings. The molecule has 0 saturated heterocycles. The van der Waals surface area contributed by atoms with Gasteiger partial charge >= 0.3 is 0 Å². The second kappa shape index (κ2) is 7.64. The minimum absolute atomic E-state index is 0.215. The molecule has 1 heterocycles. The van der Waals surface area contributed by atoms with Crippen molar-refractivity contribution in [3.8, 4) is 0 Å². The monoisotopic (exact) mass is 311 g/mol. The van der Waals surface area contributed by atoms with E-state index in [1.165, 1.54) is 32.1 Å². The first-order chi connectivity index (χ1) is 10.1. The highest BCUT2D eigenvalue weighted by atomic mass is 35.5. The van der Waals surface area contributed by atoms with Crippen molar-refractivity contribution < 1.29 is 0 Å². The maximum atomic E-state index is 6.51. The minimum atomic E-state index is 0.215. The molecule has 4 heteroatoms. The Morgan fingerprint density at radius 2 is 1.90 bits per heavy atom. The lowest BCUT2D eigenvalue weighted by Gasteiger charge is -2.31. The van der Waals surface area contributed by atoms with Crippen LogP contribution in [0.4, 0.5) is 0 Å². The van der Waals surface area contributed by atoms with Gasteiger partial charge in [0.05, 0.1) is 16.4 Å². The predicted molar refractivity (Wildman–Crippen MR) is 89.7 cm³/mol. The molecule has 1 unspecified atom stereocenters. The van der Waals surface area contributed by atoms with E-state index in [2.05, 4.69) is 25.9 Å². The average Bonchev–Trinajstić information content (AvgIpc) is 2.83. The zero-order valence-electron chi connectivity index (χ0n) is 13.7. The summed E-state index contributed by atoms with van der Waals surface area (Å²) in [6.07, 6.45) is 8.30. The third-order valence-electron chi connectivity index (χ3n) is 5.20. The fourth-order valence-corrected chi connectivity index (χ4v) is 3.97. The molecule has 2 N–H and O–H groups in total. The van der Waals surface area contributed by atoms with Gasteiger partial charge < -0.3 is 5.73 Å². The maximum Gasteiger partial charge on any atom is 0.0850 e. The summed E-state index contributed by atoms with van der Waals surface area (Å²) in [5, 5.41) is 5.44. The van der Waals surface area contributed by atoms with E-state index in [4.69, 9.17) is 17.3 Å². The number of hydrogen-bond acceptors (Lipinski definition) is 2. The molecule has 0 aromatic carbocycles. The third-order valence-corrected chi connectivity index (χ3v) is 5.63. The van der Waals surface area contributed by atoms with Crippen LogP contribution in [0.5, 0.6) is 0 Å². The Kier molecular flexibility index (Phi) is 6.12. The zero-order valence-corrected chi connectivity index (χ0v) is 14.5. The fourth-order valence-electron chi connectivity index (χ4n) is 3.63. The fraction of sp³-hybridized carbons (Fsp3) is 0.824. The Bertz CT molecular complexity index is 447. The van der Waals surface area contributed by atoms with Gasteiger partial charge in [0, 0.05) is 19.0 Å². The Labute approximate surface area is 134 Å². The standard InChI is InChI=1S/C17H30ClN3/c1-4-12-7-9-13(10-8-12)14(19)11-16-17(18)15(5-2)20-21(16)6-3/h12-14H,4-11,19H2,1-3H3. The first-order valence-electron chi connectivity index (χ1n) is 8.60. The highest BCUT2D eigenvalue weighted by Gasteiger charge is 2.27. The van der Waals surface area contributed by atoms with Crippen LogP contribution < -0.4 is 5.73 Å². The van der Waals surface area contributed by atoms with Crippen molar-refractivity contribution in [1.29, 1.82) is 0 Å². The maximum absolute atomic E-state index is 6.51. The van der Waals surface area contributed by atoms with Gasteiger partial charge in [-0.25, -0.2) is 0 Å². The Hall–Kier alpha value is -0.540. The van der Waals surface area contributed by atoms with E-state index in [1.807, 2.05) is 4.68 Å². The molecular formula is C17H30ClN3. The van der Waals surface area contributed by atoms with Crippen molar-refractivity contribution in [1.82, 2.24) is 9.78 Å². The van der Waals surface area contributed by atoms with Crippen LogP contribution in [0.2, 0.25) is 5.02 Å². The molecular weight excluding hydrogens is 282 g/mol. The normalized spacial score (nSPS) is 24.2. The molecule has 21 heavy (non-hydrogen) atoms. The second-order valence-electron chi connectivity index (χ2n) is 6.43. The molecule has 1 fully saturated rings. The topological polar surface area (TPSA) is 43.8 Å². The van der Waals surface area contributed by atoms with Crippen LogP contribution in [-0.4, -0.2) is 15.8 Å². The predicted octanol–water partition coefficient (Wildman–Crippen LogP) is 4.21. The van der Waals surface area contributed by atoms with E-state index in [9.17, 15) is 0 Å². The van der Waals surface area contributed by atoms with Crippen molar-refractivity contribution in [2.75, 3.05) is 0 Å². The molecule has 1 saturated carbocycles. The van der Waals surface area contributed by atoms with Gasteiger partial charge in [0.25, 0.3) is 0 Å². The zero-order chi connectivity index (χ0) is 15.4. The van der Waals surface area contributed by atoms with Crippen molar-refractivity contribution in [2.45, 2.75) is 78.3 Å². The lowest BCUT2D eigenvalue weighted by Crippen LogP contribution is -2.35. The first kappa shape index (κ1) is 16.8. The van der Waals surface area contributed by atoms with Crippen molar-refractivity contribution in [3.05, 3.63) is 16.4 Å². The van der Waals surface area contributed by atoms with Gasteiger partial charge in [-0.1, -0.05) is 44.7 Å². The number of rotatable bonds is 6. The van der Waals surface area contributed by atoms with Crippen LogP contribution in [0.3, 0.4) is 0 Å². The number of nitrogens with zero attached hydrogens (tertiary/aromatic N) is 2. The van der Waals surface area contributed by atoms with Gasteiger partial charge in [-0.05, 0) is 38.0 Å². The number of halogens is 1. The highest BCUT2D eigenvalue weighted by molar-refractivity contribution is 6.31. The van der Waals surface area contributed by atoms with Crippen molar-refractivity contribution in [3.63, 3.8) is 0 Å². The van der Waals surface area contributed by atoms with Crippen LogP contribution in [-0.2, 0) is 19.4 Å². The van der Waals surface area contributed by atoms with E-state index in [-0.39, 0.29) is 6.04 Å². The lowest BCUT2D eigenvalue weighted by atomic mass is 9.77. The molecule has 0 aliphatic heterocycles. The van der Waals surface area contributed by atoms with Crippen LogP contribution in [0.15, 0.2) is 0 Å². The second-order valence-corrected chi connectivity index (χ2v) is 6.81. The van der Waals surface area contributed by atoms with E-state index in [1.54, 1.807) is 0 Å². The van der Waals surface area contributed by atoms with E-state index >= 15 is 0 Å². The summed E-state index contributed by atoms with van der Waals surface area (Å²) in [7, 11) is 0. The van der Waals surface area contributed by atoms with Gasteiger partial charge in [-0.3, -0.25) is 4.68 Å². The van der Waals surface area contributed by atoms with Gasteiger partial charge in [0.15, 0.2) is 0 Å². The molecule has 3 nitrogen and oxygen atoms in total. The molecule has 1 atom stereocenters. The van der Waals surface area contributed by atoms with Crippen LogP contribution >= 0.6 is 11.6 Å². The Morgan fingerprint density at radius 1 is 1.24 bits per heavy atom. The Balaban J connectivity index is 2.02. The number of aromatic nitrogens is 2. The van der Waals surface area contributed by atoms with Crippen LogP contribution in [0, 0.1) is 11.8 Å². The van der Waals surface area contributed by atoms with Crippen LogP contribution in [0.25, 0.3) is 0 Å². The van der Waals surface area contributed by atoms with Gasteiger partial charge in [-0.15, -0.1) is 0 Å². The molecule has 2 rings (SSSR count). The molecule has 0 bridgehead atoms. The summed E-state index contributed by atoms with van der Waals surface area (Å²) in [4.78, 5) is 0. The average molecular weight is 312 g/mol. The molecule has 0 radical (unpaired) electrons. The summed E-state index contributed by atoms with van der Waals surface area (Å²) in [6, 6.07) is 0.215. The smallest absolute Gasteiger partial charge is 0.0850 e. The van der Waals surface area contributed by atoms with E-state index in [0.29, 0.717) is 5.92 Å². The van der Waals surface area contributed by atoms with Gasteiger partial charge in [0.1, 0.15) is 0 Å². The van der Waals surface area contributed by atoms with E-state index < -0.39 is 0 Å². The van der Waals surface area contributed by atoms with Gasteiger partial charge in [-0.2, -0.15) is 5.10 Å². The molecule has 120 valence electrons. The highest BCUT2D eigenvalue weighted by Crippen LogP contribution is 2.33. The summed E-state index contributed by atoms with van der Waals surface area (Å²) < 4.78 is 2.04. The minimum Gasteiger partial charge on any atom is -0.327 e. The summed E-state index contributed by atoms with van der Waals surface area (Å²) in [5.41, 5.74) is 8.66. The number of nitrogens with two attached hydrogens (primary N) is 1. The summed E-state index contributed by atoms with van der Waals surface area (Å²) in [6.45, 7) is 7.38. The van der Waals surface area contributed by atoms with E-state index in [0.717, 1.165) is 41.7 Å². The Morgan fingerprint density at radius 3 is 2.43 bits per heavy atom. The van der Waals surface area contributed by atoms with Crippen LogP contribution in [0.1, 0.15) is 64.3 Å². The number of hydrogen-bond donors (Lipinski definition) is 1.